The summed E-state index contributed by atoms with van der Waals surface area (Å²) in [4.78, 5) is 125. The lowest BCUT2D eigenvalue weighted by atomic mass is 10.00. The largest absolute Gasteiger partial charge is 0.478 e. The molecule has 4 aromatic carbocycles. The van der Waals surface area contributed by atoms with Gasteiger partial charge in [-0.2, -0.15) is 0 Å². The van der Waals surface area contributed by atoms with Gasteiger partial charge in [-0.25, -0.2) is 123 Å². The van der Waals surface area contributed by atoms with Crippen molar-refractivity contribution in [3.63, 3.8) is 0 Å². The van der Waals surface area contributed by atoms with Crippen LogP contribution in [0.4, 0.5) is 17.8 Å². The van der Waals surface area contributed by atoms with E-state index in [1.807, 2.05) is 74.3 Å². The van der Waals surface area contributed by atoms with Crippen LogP contribution in [-0.4, -0.2) is 220 Å². The maximum absolute atomic E-state index is 12.6. The number of aromatic nitrogens is 16. The summed E-state index contributed by atoms with van der Waals surface area (Å²) in [7, 11) is -14.1. The minimum absolute atomic E-state index is 0.0592. The van der Waals surface area contributed by atoms with Crippen molar-refractivity contribution >= 4 is 137 Å². The number of aliphatic hydroxyl groups excluding tert-OH is 2. The maximum Gasteiger partial charge on any atom is 0.339 e. The van der Waals surface area contributed by atoms with Crippen LogP contribution in [0.3, 0.4) is 0 Å². The fourth-order valence-corrected chi connectivity index (χ4v) is 21.2. The molecule has 12 aromatic rings. The Kier molecular flexibility index (Phi) is 33.5. The number of esters is 2. The molecular weight excluding hydrogens is 1900 g/mol. The minimum atomic E-state index is -3.56. The number of carboxylic acids is 2. The number of rotatable bonds is 27. The Bertz CT molecular complexity index is 6950. The van der Waals surface area contributed by atoms with Gasteiger partial charge in [-0.3, -0.25) is 9.59 Å². The normalized spacial score (nSPS) is 16.0. The molecule has 0 saturated heterocycles. The highest BCUT2D eigenvalue weighted by Crippen LogP contribution is 2.43. The van der Waals surface area contributed by atoms with E-state index in [4.69, 9.17) is 65.5 Å². The number of carbonyl (C=O) groups is 4. The van der Waals surface area contributed by atoms with Gasteiger partial charge < -0.3 is 68.2 Å². The van der Waals surface area contributed by atoms with Crippen molar-refractivity contribution in [2.75, 3.05) is 79.1 Å². The highest BCUT2D eigenvalue weighted by atomic mass is 35.5. The number of sulfone groups is 4. The molecule has 748 valence electrons. The predicted octanol–water partition coefficient (Wildman–Crippen LogP) is 10.9. The van der Waals surface area contributed by atoms with Crippen molar-refractivity contribution in [3.8, 4) is 0 Å². The van der Waals surface area contributed by atoms with E-state index in [9.17, 15) is 73.3 Å². The van der Waals surface area contributed by atoms with Gasteiger partial charge in [0.15, 0.2) is 39.3 Å². The van der Waals surface area contributed by atoms with Gasteiger partial charge in [-0.05, 0) is 136 Å². The number of hydrogen-bond acceptors (Lipinski definition) is 36. The van der Waals surface area contributed by atoms with Gasteiger partial charge >= 0.3 is 23.9 Å². The lowest BCUT2D eigenvalue weighted by Crippen LogP contribution is -2.42. The van der Waals surface area contributed by atoms with Gasteiger partial charge in [-0.1, -0.05) is 55.4 Å². The molecule has 0 fully saturated rings. The second kappa shape index (κ2) is 43.9. The number of halogens is 1. The average Bonchev–Trinajstić information content (AvgIpc) is 1.61. The molecule has 4 aliphatic rings. The standard InChI is InChI=1S/C25H33N5O6S.2C21H25N5O5S.C17H23N3O4S.C8H11ClN2O2/c1-7-35-36-14-19-12-26-25(27-16(19)4)30-9-8-29-21-11-22(37(6,32)33)18(13-34-17(5)31)10-20(21)28-24(29)23(30)15(2)3;2*1-11(2)18-19-24-15-7-13(10-27)17(32(4,30)31)8-16(15)25(19)5-6-26(18)21-22-9-14(20(28)29)12(3)23-21;1-10(2)16-17-19-13-7-12(9-24-11(3)21)15(25(4,22)23)8-14(13)20(17)6-5-18-16;1-3-12-13-5-7-4-10-8(9)11-6(7)2/h10-12,15,23H,7-9,13-14H2,1-6H3;2*7-9,11,18,27H,5-6,10H2,1-4H3,(H,28,29);7-8,10,16,18H,5-6,9H2,1-4H3;4H,3,5H2,1-2H3/t23-;2*18-;16-;/m1101./s1. The quantitative estimate of drug-likeness (QED) is 0.0105. The highest BCUT2D eigenvalue weighted by Gasteiger charge is 2.40. The van der Waals surface area contributed by atoms with Crippen molar-refractivity contribution in [1.29, 1.82) is 0 Å². The number of ether oxygens (including phenoxy) is 2. The number of aromatic carboxylic acids is 2. The van der Waals surface area contributed by atoms with Gasteiger partial charge in [0, 0.05) is 150 Å². The Morgan fingerprint density at radius 3 is 1.00 bits per heavy atom. The molecule has 8 aromatic heterocycles. The van der Waals surface area contributed by atoms with Crippen LogP contribution >= 0.6 is 11.6 Å². The Balaban J connectivity index is 0.000000160. The second-order valence-electron chi connectivity index (χ2n) is 35.4. The first-order chi connectivity index (χ1) is 65.5. The summed E-state index contributed by atoms with van der Waals surface area (Å²) in [6.07, 6.45) is 10.6. The lowest BCUT2D eigenvalue weighted by Gasteiger charge is -2.38. The second-order valence-corrected chi connectivity index (χ2v) is 43.7. The molecule has 47 heteroatoms. The van der Waals surface area contributed by atoms with Crippen molar-refractivity contribution in [3.05, 3.63) is 169 Å². The van der Waals surface area contributed by atoms with E-state index < -0.39 is 76.4 Å². The first-order valence-corrected chi connectivity index (χ1v) is 52.8. The zero-order valence-corrected chi connectivity index (χ0v) is 85.0. The Morgan fingerprint density at radius 1 is 0.396 bits per heavy atom. The topological polar surface area (TPSA) is 537 Å². The van der Waals surface area contributed by atoms with Crippen LogP contribution in [0.25, 0.3) is 44.1 Å². The predicted molar refractivity (Wildman–Crippen MR) is 513 cm³/mol. The van der Waals surface area contributed by atoms with Crippen LogP contribution in [0.5, 0.6) is 0 Å². The van der Waals surface area contributed by atoms with Crippen LogP contribution in [-0.2, 0) is 144 Å². The Morgan fingerprint density at radius 2 is 0.705 bits per heavy atom. The fourth-order valence-electron chi connectivity index (χ4n) is 17.3. The molecule has 0 amide bonds. The zero-order chi connectivity index (χ0) is 102. The molecule has 139 heavy (non-hydrogen) atoms. The van der Waals surface area contributed by atoms with E-state index in [0.29, 0.717) is 144 Å². The van der Waals surface area contributed by atoms with Gasteiger partial charge in [-0.15, -0.1) is 0 Å². The lowest BCUT2D eigenvalue weighted by molar-refractivity contribution is -0.300. The number of hydrogen-bond donors (Lipinski definition) is 5. The van der Waals surface area contributed by atoms with E-state index in [-0.39, 0.29) is 97.7 Å². The van der Waals surface area contributed by atoms with Gasteiger partial charge in [0.25, 0.3) is 0 Å². The molecule has 4 aliphatic heterocycles. The Hall–Kier alpha value is -11.8. The molecule has 0 radical (unpaired) electrons. The third-order valence-electron chi connectivity index (χ3n) is 23.8. The molecule has 0 bridgehead atoms. The molecule has 42 nitrogen and oxygen atoms in total. The molecule has 16 rings (SSSR count). The molecule has 0 unspecified atom stereocenters. The van der Waals surface area contributed by atoms with E-state index in [1.54, 1.807) is 74.8 Å². The van der Waals surface area contributed by atoms with Crippen LogP contribution in [0, 0.1) is 51.4 Å². The van der Waals surface area contributed by atoms with Crippen LogP contribution in [0.15, 0.2) is 92.9 Å². The minimum Gasteiger partial charge on any atom is -0.478 e. The molecule has 0 aliphatic carbocycles. The van der Waals surface area contributed by atoms with E-state index in [2.05, 4.69) is 81.9 Å². The van der Waals surface area contributed by atoms with E-state index in [1.165, 1.54) is 26.2 Å². The number of carboxylic acid groups (broad SMARTS) is 2. The average molecular weight is 2020 g/mol. The zero-order valence-electron chi connectivity index (χ0n) is 81.0. The smallest absolute Gasteiger partial charge is 0.339 e. The summed E-state index contributed by atoms with van der Waals surface area (Å²) in [5.41, 5.74) is 11.2. The third kappa shape index (κ3) is 23.9. The van der Waals surface area contributed by atoms with Crippen molar-refractivity contribution in [2.45, 2.75) is 220 Å². The first kappa shape index (κ1) is 106. The number of carbonyl (C=O) groups excluding carboxylic acids is 2. The van der Waals surface area contributed by atoms with Crippen LogP contribution in [0.2, 0.25) is 5.28 Å². The van der Waals surface area contributed by atoms with Crippen LogP contribution < -0.4 is 20.0 Å². The number of aryl methyl sites for hydroxylation is 4. The van der Waals surface area contributed by atoms with Crippen molar-refractivity contribution in [2.24, 2.45) is 23.7 Å². The number of benzene rings is 4. The van der Waals surface area contributed by atoms with Gasteiger partial charge in [0.1, 0.15) is 49.7 Å². The monoisotopic (exact) mass is 2020 g/mol. The molecule has 12 heterocycles. The number of imidazole rings is 4. The van der Waals surface area contributed by atoms with Crippen LogP contribution in [0.1, 0.15) is 207 Å². The summed E-state index contributed by atoms with van der Waals surface area (Å²) in [6, 6.07) is 12.7. The SMILES string of the molecule is CC(=O)OCc1cc2nc3n(c2cc1S(C)(=O)=O)CCN[C@@H]3C(C)C.CCOOCc1cnc(Cl)nc1C.CCOOCc1cnc(N2CCn3c(nc4cc(COC(C)=O)c(S(C)(=O)=O)cc43)[C@H]2C(C)C)nc1C.Cc1nc(N2CCn3c(nc4cc(CO)c(S(C)(=O)=O)cc43)[C@@H]2C(C)C)ncc1C(=O)O.Cc1nc(N2CCn3c(nc4cc(CO)c(S(C)(=O)=O)cc43)[C@H]2C(C)C)ncc1C(=O)O. The summed E-state index contributed by atoms with van der Waals surface area (Å²) in [5, 5.41) is 41.7. The van der Waals surface area contributed by atoms with Crippen molar-refractivity contribution < 1.29 is 102 Å². The number of fused-ring (bicyclic) bond motifs is 12. The number of nitrogens with zero attached hydrogens (tertiary/aromatic N) is 19. The summed E-state index contributed by atoms with van der Waals surface area (Å²) in [6.45, 7) is 35.5. The van der Waals surface area contributed by atoms with E-state index in [0.717, 1.165) is 100 Å². The molecule has 4 atom stereocenters. The molecule has 0 spiro atoms. The van der Waals surface area contributed by atoms with Gasteiger partial charge in [0.05, 0.1) is 137 Å². The van der Waals surface area contributed by atoms with Gasteiger partial charge in [0.2, 0.25) is 23.1 Å². The van der Waals surface area contributed by atoms with Crippen molar-refractivity contribution in [1.82, 2.24) is 83.4 Å². The number of anilines is 3. The molecular formula is C92H117ClN20O22S4. The highest BCUT2D eigenvalue weighted by molar-refractivity contribution is 7.91. The number of aliphatic hydroxyl groups is 2. The third-order valence-corrected chi connectivity index (χ3v) is 28.7. The molecule has 0 saturated carbocycles. The Labute approximate surface area is 809 Å². The first-order valence-electron chi connectivity index (χ1n) is 44.9. The number of nitrogens with one attached hydrogen (secondary N) is 1. The summed E-state index contributed by atoms with van der Waals surface area (Å²) >= 11 is 5.58. The summed E-state index contributed by atoms with van der Waals surface area (Å²) < 4.78 is 117. The molecule has 5 N–H and O–H groups in total. The summed E-state index contributed by atoms with van der Waals surface area (Å²) in [5.74, 6) is 2.36. The maximum atomic E-state index is 12.6. The fraction of sp³-hybridized carbons (Fsp3) is 0.478. The van der Waals surface area contributed by atoms with E-state index >= 15 is 0 Å².